The quantitative estimate of drug-likeness (QED) is 0.160. The molecule has 0 saturated carbocycles. The number of aromatic nitrogens is 2. The topological polar surface area (TPSA) is 27.1 Å². The zero-order valence-corrected chi connectivity index (χ0v) is 28.9. The fourth-order valence-corrected chi connectivity index (χ4v) is 8.72. The van der Waals surface area contributed by atoms with Crippen LogP contribution < -0.4 is 26.3 Å². The molecule has 0 bridgehead atoms. The first kappa shape index (κ1) is 32.5. The molecule has 7 aromatic rings. The Bertz CT molecular complexity index is 1770. The number of imidazole rings is 1. The molecule has 0 fully saturated rings. The number of hydrogen-bond acceptors (Lipinski definition) is 2. The number of benzene rings is 6. The molecular formula is C43H41BN2OSi. The number of nitrogens with zero attached hydrogens (tertiary/aromatic N) is 2. The van der Waals surface area contributed by atoms with Crippen LogP contribution in [0.25, 0.3) is 0 Å². The fourth-order valence-electron chi connectivity index (χ4n) is 6.41. The Balaban J connectivity index is 0.000000182. The van der Waals surface area contributed by atoms with Crippen molar-refractivity contribution in [3.8, 4) is 5.75 Å². The zero-order valence-electron chi connectivity index (χ0n) is 27.5. The summed E-state index contributed by atoms with van der Waals surface area (Å²) in [5.74, 6) is 0.942. The van der Waals surface area contributed by atoms with E-state index < -0.39 is 9.52 Å². The van der Waals surface area contributed by atoms with Crippen molar-refractivity contribution in [3.05, 3.63) is 206 Å². The predicted octanol–water partition coefficient (Wildman–Crippen LogP) is 6.12. The van der Waals surface area contributed by atoms with Gasteiger partial charge >= 0.3 is 0 Å². The van der Waals surface area contributed by atoms with E-state index >= 15 is 0 Å². The molecule has 236 valence electrons. The molecule has 1 heterocycles. The first-order chi connectivity index (χ1) is 23.8. The molecule has 0 unspecified atom stereocenters. The maximum Gasteiger partial charge on any atom is 0.241 e. The highest BCUT2D eigenvalue weighted by Crippen LogP contribution is 2.33. The van der Waals surface area contributed by atoms with Crippen LogP contribution in [-0.2, 0) is 5.16 Å². The van der Waals surface area contributed by atoms with Crippen molar-refractivity contribution in [2.75, 3.05) is 6.61 Å². The van der Waals surface area contributed by atoms with Crippen molar-refractivity contribution in [3.63, 3.8) is 0 Å². The van der Waals surface area contributed by atoms with Gasteiger partial charge in [0, 0.05) is 12.4 Å². The molecule has 0 N–H and O–H groups in total. The Morgan fingerprint density at radius 2 is 1.02 bits per heavy atom. The molecule has 0 aliphatic heterocycles. The van der Waals surface area contributed by atoms with E-state index in [-0.39, 0.29) is 5.16 Å². The summed E-state index contributed by atoms with van der Waals surface area (Å²) in [5, 5.41) is 1.14. The van der Waals surface area contributed by atoms with Gasteiger partial charge in [0.1, 0.15) is 5.75 Å². The summed E-state index contributed by atoms with van der Waals surface area (Å²) < 4.78 is 8.07. The third-order valence-corrected chi connectivity index (χ3v) is 11.3. The zero-order chi connectivity index (χ0) is 32.9. The van der Waals surface area contributed by atoms with E-state index in [1.54, 1.807) is 0 Å². The van der Waals surface area contributed by atoms with Crippen molar-refractivity contribution in [1.82, 2.24) is 9.55 Å². The van der Waals surface area contributed by atoms with E-state index in [2.05, 4.69) is 199 Å². The minimum Gasteiger partial charge on any atom is -0.494 e. The highest BCUT2D eigenvalue weighted by molar-refractivity contribution is 6.95. The van der Waals surface area contributed by atoms with Crippen LogP contribution in [0.15, 0.2) is 195 Å². The normalized spacial score (nSPS) is 11.1. The Labute approximate surface area is 287 Å². The number of rotatable bonds is 11. The number of hydrogen-bond donors (Lipinski definition) is 0. The second-order valence-corrected chi connectivity index (χ2v) is 14.1. The van der Waals surface area contributed by atoms with Crippen LogP contribution >= 0.6 is 0 Å². The van der Waals surface area contributed by atoms with Gasteiger partial charge in [0.2, 0.25) is 6.71 Å². The van der Waals surface area contributed by atoms with Crippen molar-refractivity contribution in [2.45, 2.75) is 18.5 Å². The van der Waals surface area contributed by atoms with E-state index in [0.717, 1.165) is 18.8 Å². The van der Waals surface area contributed by atoms with Crippen LogP contribution in [0.3, 0.4) is 0 Å². The Hall–Kier alpha value is -5.39. The van der Waals surface area contributed by atoms with Crippen molar-refractivity contribution in [2.24, 2.45) is 0 Å². The summed E-state index contributed by atoms with van der Waals surface area (Å²) in [6.07, 6.45) is 6.93. The monoisotopic (exact) mass is 640 g/mol. The van der Waals surface area contributed by atoms with E-state index in [1.165, 1.54) is 32.7 Å². The van der Waals surface area contributed by atoms with Crippen molar-refractivity contribution < 1.29 is 4.74 Å². The minimum absolute atomic E-state index is 0.245. The highest BCUT2D eigenvalue weighted by Gasteiger charge is 2.36. The van der Waals surface area contributed by atoms with Crippen LogP contribution in [0.1, 0.15) is 24.5 Å². The molecule has 48 heavy (non-hydrogen) atoms. The van der Waals surface area contributed by atoms with Gasteiger partial charge in [0.05, 0.1) is 27.6 Å². The van der Waals surface area contributed by atoms with Crippen LogP contribution in [0, 0.1) is 0 Å². The molecule has 5 heteroatoms. The van der Waals surface area contributed by atoms with Crippen LogP contribution in [-0.4, -0.2) is 32.4 Å². The molecule has 0 aliphatic rings. The fraction of sp³-hybridized carbons (Fsp3) is 0.0930. The van der Waals surface area contributed by atoms with Gasteiger partial charge < -0.3 is 9.30 Å². The van der Waals surface area contributed by atoms with Gasteiger partial charge in [0.25, 0.3) is 0 Å². The largest absolute Gasteiger partial charge is 0.494 e. The maximum absolute atomic E-state index is 5.78. The lowest BCUT2D eigenvalue weighted by molar-refractivity contribution is 0.317. The van der Waals surface area contributed by atoms with Crippen LogP contribution in [0.4, 0.5) is 0 Å². The third kappa shape index (κ3) is 7.76. The lowest BCUT2D eigenvalue weighted by atomic mass is 9.37. The van der Waals surface area contributed by atoms with Crippen LogP contribution in [0.2, 0.25) is 0 Å². The average molecular weight is 641 g/mol. The van der Waals surface area contributed by atoms with Gasteiger partial charge in [-0.3, -0.25) is 0 Å². The van der Waals surface area contributed by atoms with Gasteiger partial charge in [-0.2, -0.15) is 0 Å². The molecule has 0 atom stereocenters. The third-order valence-electron chi connectivity index (χ3n) is 8.70. The summed E-state index contributed by atoms with van der Waals surface area (Å²) in [4.78, 5) is 4.39. The Morgan fingerprint density at radius 1 is 0.583 bits per heavy atom. The standard InChI is InChI=1S/C25H26N2OSi.C18H15B/c1-2-19-28-23-13-15-24(16-14-23)29-25(27-18-17-26-20-27,21-9-5-3-6-10-21)22-11-7-4-8-12-22;1-4-10-16(11-5-1)19(17-12-6-2-7-13-17)18-14-8-3-9-15-18/h3-18,20H,2,19,29H2,1H3;1-15H. The first-order valence-corrected chi connectivity index (χ1v) is 18.2. The molecule has 0 saturated heterocycles. The second-order valence-electron chi connectivity index (χ2n) is 11.9. The minimum atomic E-state index is -0.838. The van der Waals surface area contributed by atoms with Gasteiger partial charge in [-0.15, -0.1) is 0 Å². The SMILES string of the molecule is CCCOc1ccc([SiH2]C(c2ccccc2)(c2ccccc2)n2ccnc2)cc1.c1ccc(B(c2ccccc2)c2ccccc2)cc1. The summed E-state index contributed by atoms with van der Waals surface area (Å²) in [7, 11) is -0.838. The van der Waals surface area contributed by atoms with Crippen molar-refractivity contribution in [1.29, 1.82) is 0 Å². The first-order valence-electron chi connectivity index (χ1n) is 16.7. The van der Waals surface area contributed by atoms with Gasteiger partial charge in [-0.1, -0.05) is 192 Å². The van der Waals surface area contributed by atoms with Gasteiger partial charge in [0.15, 0.2) is 0 Å². The van der Waals surface area contributed by atoms with Crippen molar-refractivity contribution >= 4 is 37.8 Å². The van der Waals surface area contributed by atoms with E-state index in [0.29, 0.717) is 6.71 Å². The van der Waals surface area contributed by atoms with Crippen LogP contribution in [0.5, 0.6) is 5.75 Å². The molecule has 0 spiro atoms. The Kier molecular flexibility index (Phi) is 11.1. The molecule has 0 radical (unpaired) electrons. The molecule has 6 aromatic carbocycles. The van der Waals surface area contributed by atoms with E-state index in [9.17, 15) is 0 Å². The predicted molar refractivity (Wildman–Crippen MR) is 206 cm³/mol. The summed E-state index contributed by atoms with van der Waals surface area (Å²) >= 11 is 0. The van der Waals surface area contributed by atoms with Gasteiger partial charge in [-0.25, -0.2) is 4.98 Å². The second kappa shape index (κ2) is 16.4. The molecule has 3 nitrogen and oxygen atoms in total. The summed E-state index contributed by atoms with van der Waals surface area (Å²) in [6, 6.07) is 62.3. The smallest absolute Gasteiger partial charge is 0.241 e. The maximum atomic E-state index is 5.78. The number of ether oxygens (including phenoxy) is 1. The molecular weight excluding hydrogens is 599 g/mol. The molecule has 7 rings (SSSR count). The van der Waals surface area contributed by atoms with E-state index in [4.69, 9.17) is 4.74 Å². The summed E-state index contributed by atoms with van der Waals surface area (Å²) in [5.41, 5.74) is 6.59. The van der Waals surface area contributed by atoms with Gasteiger partial charge in [-0.05, 0) is 29.7 Å². The molecule has 1 aromatic heterocycles. The lowest BCUT2D eigenvalue weighted by Crippen LogP contribution is -2.51. The Morgan fingerprint density at radius 3 is 1.42 bits per heavy atom. The lowest BCUT2D eigenvalue weighted by Gasteiger charge is -2.37. The highest BCUT2D eigenvalue weighted by atomic mass is 28.2. The molecule has 0 amide bonds. The van der Waals surface area contributed by atoms with E-state index in [1.807, 2.05) is 12.5 Å². The summed E-state index contributed by atoms with van der Waals surface area (Å²) in [6.45, 7) is 3.19. The molecule has 0 aliphatic carbocycles. The average Bonchev–Trinajstić information content (AvgIpc) is 3.72.